The molecule has 4 aromatic rings. The molecule has 0 bridgehead atoms. The average molecular weight is 470 g/mol. The first-order valence-corrected chi connectivity index (χ1v) is 11.0. The van der Waals surface area contributed by atoms with Gasteiger partial charge in [0.15, 0.2) is 11.6 Å². The number of nitrogens with two attached hydrogens (primary N) is 1. The molecule has 4 rings (SSSR count). The van der Waals surface area contributed by atoms with Crippen molar-refractivity contribution in [3.05, 3.63) is 72.0 Å². The van der Waals surface area contributed by atoms with Gasteiger partial charge in [0.2, 0.25) is 0 Å². The molecule has 0 aliphatic carbocycles. The van der Waals surface area contributed by atoms with Crippen LogP contribution in [0.15, 0.2) is 65.2 Å². The minimum atomic E-state index is -0.409. The zero-order chi connectivity index (χ0) is 24.6. The summed E-state index contributed by atoms with van der Waals surface area (Å²) in [5.41, 5.74) is 5.84. The Morgan fingerprint density at radius 2 is 1.94 bits per heavy atom. The molecule has 2 aromatic heterocycles. The van der Waals surface area contributed by atoms with E-state index < -0.39 is 5.91 Å². The second-order valence-corrected chi connectivity index (χ2v) is 7.57. The third kappa shape index (κ3) is 5.13. The molecule has 11 nitrogen and oxygen atoms in total. The quantitative estimate of drug-likeness (QED) is 0.189. The summed E-state index contributed by atoms with van der Waals surface area (Å²) in [5.74, 6) is -0.398. The molecule has 2 aromatic carbocycles. The summed E-state index contributed by atoms with van der Waals surface area (Å²) in [6.07, 6.45) is 6.99. The molecule has 0 aliphatic rings. The summed E-state index contributed by atoms with van der Waals surface area (Å²) in [5, 5.41) is 27.6. The molecule has 4 N–H and O–H groups in total. The van der Waals surface area contributed by atoms with Gasteiger partial charge < -0.3 is 16.2 Å². The van der Waals surface area contributed by atoms with E-state index >= 15 is 0 Å². The molecule has 0 saturated heterocycles. The Hall–Kier alpha value is -4.69. The number of aromatic nitrogens is 4. The molecule has 2 heterocycles. The number of carbonyl (C=O) groups excluding carboxylic acids is 1. The Kier molecular flexibility index (Phi) is 7.34. The van der Waals surface area contributed by atoms with Gasteiger partial charge in [0, 0.05) is 18.9 Å². The highest BCUT2D eigenvalue weighted by atomic mass is 16.3. The predicted molar refractivity (Wildman–Crippen MR) is 130 cm³/mol. The highest BCUT2D eigenvalue weighted by Gasteiger charge is 2.20. The maximum Gasteiger partial charge on any atom is 0.255 e. The van der Waals surface area contributed by atoms with Crippen LogP contribution in [0.4, 0.5) is 17.2 Å². The van der Waals surface area contributed by atoms with Crippen LogP contribution in [-0.2, 0) is 0 Å². The molecule has 11 heteroatoms. The molecular formula is C24H23N9O2. The largest absolute Gasteiger partial charge is 0.505 e. The van der Waals surface area contributed by atoms with Crippen molar-refractivity contribution in [1.29, 1.82) is 0 Å². The number of benzene rings is 2. The van der Waals surface area contributed by atoms with E-state index in [1.54, 1.807) is 36.7 Å². The summed E-state index contributed by atoms with van der Waals surface area (Å²) in [7, 11) is 0. The molecule has 0 saturated carbocycles. The molecule has 0 spiro atoms. The van der Waals surface area contributed by atoms with E-state index in [2.05, 4.69) is 35.5 Å². The second-order valence-electron chi connectivity index (χ2n) is 7.57. The van der Waals surface area contributed by atoms with Crippen molar-refractivity contribution in [2.45, 2.75) is 19.3 Å². The van der Waals surface area contributed by atoms with Gasteiger partial charge in [0.25, 0.3) is 17.5 Å². The molecule has 1 amide bonds. The van der Waals surface area contributed by atoms with Crippen LogP contribution in [0.3, 0.4) is 0 Å². The fourth-order valence-corrected chi connectivity index (χ4v) is 3.52. The first kappa shape index (κ1) is 23.5. The average Bonchev–Trinajstić information content (AvgIpc) is 3.30. The van der Waals surface area contributed by atoms with Crippen molar-refractivity contribution < 1.29 is 9.90 Å². The Bertz CT molecular complexity index is 1410. The molecule has 0 radical (unpaired) electrons. The van der Waals surface area contributed by atoms with Crippen LogP contribution in [0.2, 0.25) is 0 Å². The summed E-state index contributed by atoms with van der Waals surface area (Å²) < 4.78 is 1.28. The van der Waals surface area contributed by atoms with Crippen molar-refractivity contribution in [2.75, 3.05) is 13.1 Å². The summed E-state index contributed by atoms with van der Waals surface area (Å²) in [6, 6.07) is 10.5. The van der Waals surface area contributed by atoms with Gasteiger partial charge >= 0.3 is 0 Å². The minimum Gasteiger partial charge on any atom is -0.505 e. The lowest BCUT2D eigenvalue weighted by molar-refractivity contribution is 0.0952. The smallest absolute Gasteiger partial charge is 0.255 e. The highest BCUT2D eigenvalue weighted by molar-refractivity contribution is 6.11. The number of phenolic OH excluding ortho intramolecular Hbond substituents is 1. The number of fused-ring (bicyclic) bond motifs is 1. The lowest BCUT2D eigenvalue weighted by atomic mass is 10.0. The monoisotopic (exact) mass is 469 g/mol. The number of carbonyl (C=O) groups is 1. The van der Waals surface area contributed by atoms with Gasteiger partial charge in [-0.15, -0.1) is 10.2 Å². The van der Waals surface area contributed by atoms with Crippen LogP contribution >= 0.6 is 0 Å². The van der Waals surface area contributed by atoms with Crippen molar-refractivity contribution in [3.63, 3.8) is 0 Å². The first-order chi connectivity index (χ1) is 17.1. The van der Waals surface area contributed by atoms with E-state index in [-0.39, 0.29) is 34.5 Å². The minimum absolute atomic E-state index is 0.0784. The van der Waals surface area contributed by atoms with Crippen molar-refractivity contribution >= 4 is 33.9 Å². The van der Waals surface area contributed by atoms with Gasteiger partial charge in [-0.25, -0.2) is 14.8 Å². The summed E-state index contributed by atoms with van der Waals surface area (Å²) in [4.78, 5) is 24.7. The number of hydrogen-bond acceptors (Lipinski definition) is 8. The lowest BCUT2D eigenvalue weighted by Gasteiger charge is -2.12. The number of phenols is 1. The third-order valence-electron chi connectivity index (χ3n) is 5.23. The summed E-state index contributed by atoms with van der Waals surface area (Å²) >= 11 is 0. The van der Waals surface area contributed by atoms with Gasteiger partial charge in [-0.2, -0.15) is 9.78 Å². The van der Waals surface area contributed by atoms with E-state index in [0.29, 0.717) is 23.9 Å². The van der Waals surface area contributed by atoms with E-state index in [1.165, 1.54) is 10.9 Å². The Morgan fingerprint density at radius 1 is 1.14 bits per heavy atom. The Morgan fingerprint density at radius 3 is 2.71 bits per heavy atom. The fraction of sp³-hybridized carbons (Fsp3) is 0.208. The van der Waals surface area contributed by atoms with Gasteiger partial charge in [0.05, 0.1) is 18.3 Å². The maximum atomic E-state index is 13.0. The number of hydrogen-bond donors (Lipinski definition) is 3. The molecule has 176 valence electrons. The standard InChI is InChI=1S/C24H23N9O2/c1-26-19-15-30-33(24-28-12-7-13-29-24)22(19)32-31-18-14-16-8-3-4-9-17(16)20(21(18)34)23(35)27-11-6-2-5-10-25/h3-4,7-9,12-15,34H,2,5-6,10-11,25H2,(H,27,35). The van der Waals surface area contributed by atoms with Crippen LogP contribution in [0.5, 0.6) is 5.75 Å². The third-order valence-corrected chi connectivity index (χ3v) is 5.23. The van der Waals surface area contributed by atoms with E-state index in [9.17, 15) is 9.90 Å². The van der Waals surface area contributed by atoms with Crippen LogP contribution in [-0.4, -0.2) is 43.9 Å². The second kappa shape index (κ2) is 11.0. The van der Waals surface area contributed by atoms with Crippen molar-refractivity contribution in [3.8, 4) is 11.7 Å². The van der Waals surface area contributed by atoms with Crippen molar-refractivity contribution in [2.24, 2.45) is 16.0 Å². The van der Waals surface area contributed by atoms with Crippen molar-refractivity contribution in [1.82, 2.24) is 25.1 Å². The summed E-state index contributed by atoms with van der Waals surface area (Å²) in [6.45, 7) is 8.48. The van der Waals surface area contributed by atoms with Crippen LogP contribution in [0, 0.1) is 6.57 Å². The van der Waals surface area contributed by atoms with Crippen LogP contribution < -0.4 is 11.1 Å². The number of rotatable bonds is 9. The van der Waals surface area contributed by atoms with E-state index in [0.717, 1.165) is 19.3 Å². The topological polar surface area (TPSA) is 148 Å². The number of unbranched alkanes of at least 4 members (excludes halogenated alkanes) is 2. The van der Waals surface area contributed by atoms with E-state index in [1.807, 2.05) is 12.1 Å². The first-order valence-electron chi connectivity index (χ1n) is 11.0. The highest BCUT2D eigenvalue weighted by Crippen LogP contribution is 2.39. The molecule has 0 unspecified atom stereocenters. The lowest BCUT2D eigenvalue weighted by Crippen LogP contribution is -2.25. The van der Waals surface area contributed by atoms with E-state index in [4.69, 9.17) is 12.3 Å². The zero-order valence-corrected chi connectivity index (χ0v) is 18.8. The molecular weight excluding hydrogens is 446 g/mol. The number of nitrogens with zero attached hydrogens (tertiary/aromatic N) is 7. The predicted octanol–water partition coefficient (Wildman–Crippen LogP) is 4.35. The number of aromatic hydroxyl groups is 1. The van der Waals surface area contributed by atoms with Crippen LogP contribution in [0.25, 0.3) is 21.6 Å². The molecule has 0 fully saturated rings. The van der Waals surface area contributed by atoms with Gasteiger partial charge in [-0.3, -0.25) is 4.79 Å². The number of amides is 1. The number of azo groups is 1. The normalized spacial score (nSPS) is 11.1. The fourth-order valence-electron chi connectivity index (χ4n) is 3.52. The SMILES string of the molecule is [C-]#[N+]c1cnn(-c2ncccn2)c1N=Nc1cc2ccccc2c(C(=O)NCCCCCN)c1O. The maximum absolute atomic E-state index is 13.0. The zero-order valence-electron chi connectivity index (χ0n) is 18.8. The van der Waals surface area contributed by atoms with Gasteiger partial charge in [0.1, 0.15) is 5.69 Å². The van der Waals surface area contributed by atoms with Crippen LogP contribution in [0.1, 0.15) is 29.6 Å². The molecule has 35 heavy (non-hydrogen) atoms. The molecule has 0 atom stereocenters. The Labute approximate surface area is 201 Å². The van der Waals surface area contributed by atoms with Gasteiger partial charge in [-0.05, 0) is 42.3 Å². The molecule has 0 aliphatic heterocycles. The number of nitrogens with one attached hydrogen (secondary N) is 1. The Balaban J connectivity index is 1.71. The van der Waals surface area contributed by atoms with Gasteiger partial charge in [-0.1, -0.05) is 30.7 Å².